The largest absolute Gasteiger partial charge is 0.480 e. The summed E-state index contributed by atoms with van der Waals surface area (Å²) >= 11 is 1.53. The van der Waals surface area contributed by atoms with E-state index in [1.165, 1.54) is 11.3 Å². The fraction of sp³-hybridized carbons (Fsp3) is 0.385. The van der Waals surface area contributed by atoms with Crippen LogP contribution in [0.2, 0.25) is 0 Å². The smallest absolute Gasteiger partial charge is 0.326 e. The van der Waals surface area contributed by atoms with Gasteiger partial charge in [0.2, 0.25) is 17.7 Å². The molecule has 7 nitrogen and oxygen atoms in total. The minimum absolute atomic E-state index is 0.106. The zero-order chi connectivity index (χ0) is 15.2. The van der Waals surface area contributed by atoms with Crippen LogP contribution in [0.15, 0.2) is 21.2 Å². The highest BCUT2D eigenvalue weighted by Gasteiger charge is 2.18. The maximum atomic E-state index is 11.7. The monoisotopic (exact) mass is 309 g/mol. The molecule has 21 heavy (non-hydrogen) atoms. The lowest BCUT2D eigenvalue weighted by molar-refractivity contribution is -0.141. The van der Waals surface area contributed by atoms with Crippen LogP contribution in [0.1, 0.15) is 25.7 Å². The molecule has 8 heteroatoms. The normalized spacial score (nSPS) is 12.0. The number of amides is 1. The summed E-state index contributed by atoms with van der Waals surface area (Å²) in [6.07, 6.45) is 0.720. The van der Waals surface area contributed by atoms with E-state index in [0.717, 1.165) is 5.56 Å². The van der Waals surface area contributed by atoms with Crippen LogP contribution in [-0.4, -0.2) is 33.2 Å². The second kappa shape index (κ2) is 6.98. The molecule has 0 fully saturated rings. The molecule has 0 spiro atoms. The molecule has 112 valence electrons. The van der Waals surface area contributed by atoms with Crippen molar-refractivity contribution in [1.29, 1.82) is 0 Å². The molecule has 1 unspecified atom stereocenters. The number of carboxylic acids is 1. The van der Waals surface area contributed by atoms with Gasteiger partial charge in [0.1, 0.15) is 6.04 Å². The third kappa shape index (κ3) is 4.12. The molecule has 0 radical (unpaired) electrons. The summed E-state index contributed by atoms with van der Waals surface area (Å²) in [5, 5.41) is 22.9. The molecule has 0 bridgehead atoms. The maximum Gasteiger partial charge on any atom is 0.326 e. The van der Waals surface area contributed by atoms with Gasteiger partial charge in [0.25, 0.3) is 0 Å². The van der Waals surface area contributed by atoms with Crippen molar-refractivity contribution in [1.82, 2.24) is 15.5 Å². The first-order valence-electron chi connectivity index (χ1n) is 6.47. The fourth-order valence-electron chi connectivity index (χ4n) is 1.68. The predicted molar refractivity (Wildman–Crippen MR) is 75.8 cm³/mol. The molecule has 2 aromatic rings. The van der Waals surface area contributed by atoms with Crippen molar-refractivity contribution < 1.29 is 19.1 Å². The van der Waals surface area contributed by atoms with E-state index in [-0.39, 0.29) is 18.7 Å². The Morgan fingerprint density at radius 3 is 2.90 bits per heavy atom. The third-order valence-electron chi connectivity index (χ3n) is 2.84. The molecule has 0 saturated carbocycles. The molecule has 1 amide bonds. The van der Waals surface area contributed by atoms with E-state index in [0.29, 0.717) is 18.2 Å². The predicted octanol–water partition coefficient (Wildman–Crippen LogP) is 1.71. The molecule has 0 aliphatic carbocycles. The Kier molecular flexibility index (Phi) is 5.04. The van der Waals surface area contributed by atoms with Gasteiger partial charge in [-0.1, -0.05) is 6.92 Å². The Bertz CT molecular complexity index is 609. The highest BCUT2D eigenvalue weighted by Crippen LogP contribution is 2.20. The average molecular weight is 309 g/mol. The quantitative estimate of drug-likeness (QED) is 0.806. The Balaban J connectivity index is 1.86. The Hall–Kier alpha value is -2.22. The van der Waals surface area contributed by atoms with Gasteiger partial charge >= 0.3 is 5.97 Å². The van der Waals surface area contributed by atoms with Crippen molar-refractivity contribution in [3.63, 3.8) is 0 Å². The molecule has 0 aromatic carbocycles. The van der Waals surface area contributed by atoms with E-state index < -0.39 is 12.0 Å². The molecule has 0 aliphatic rings. The van der Waals surface area contributed by atoms with Gasteiger partial charge in [0, 0.05) is 23.8 Å². The molecule has 0 aliphatic heterocycles. The van der Waals surface area contributed by atoms with E-state index in [1.54, 1.807) is 6.92 Å². The lowest BCUT2D eigenvalue weighted by atomic mass is 10.2. The summed E-state index contributed by atoms with van der Waals surface area (Å²) in [6.45, 7) is 1.70. The number of nitrogens with zero attached hydrogens (tertiary/aromatic N) is 2. The van der Waals surface area contributed by atoms with E-state index in [1.807, 2.05) is 16.8 Å². The minimum atomic E-state index is -1.04. The zero-order valence-electron chi connectivity index (χ0n) is 11.4. The number of aromatic nitrogens is 2. The highest BCUT2D eigenvalue weighted by molar-refractivity contribution is 7.08. The number of hydrogen-bond acceptors (Lipinski definition) is 6. The summed E-state index contributed by atoms with van der Waals surface area (Å²) < 4.78 is 5.45. The maximum absolute atomic E-state index is 11.7. The first-order chi connectivity index (χ1) is 10.1. The van der Waals surface area contributed by atoms with Crippen LogP contribution in [0.5, 0.6) is 0 Å². The lowest BCUT2D eigenvalue weighted by Gasteiger charge is -2.11. The average Bonchev–Trinajstić information content (AvgIpc) is 3.12. The second-order valence-corrected chi connectivity index (χ2v) is 5.16. The first kappa shape index (κ1) is 15.2. The summed E-state index contributed by atoms with van der Waals surface area (Å²) in [6, 6.07) is 1.01. The number of carboxylic acid groups (broad SMARTS) is 1. The molecule has 2 aromatic heterocycles. The SMILES string of the molecule is CCC(NC(=O)CCc1nnc(-c2ccsc2)o1)C(=O)O. The van der Waals surface area contributed by atoms with Gasteiger partial charge in [-0.15, -0.1) is 10.2 Å². The minimum Gasteiger partial charge on any atom is -0.480 e. The topological polar surface area (TPSA) is 105 Å². The zero-order valence-corrected chi connectivity index (χ0v) is 12.2. The van der Waals surface area contributed by atoms with Crippen molar-refractivity contribution in [2.75, 3.05) is 0 Å². The molecule has 0 saturated heterocycles. The van der Waals surface area contributed by atoms with Gasteiger partial charge in [-0.3, -0.25) is 4.79 Å². The Labute approximate surface area is 125 Å². The third-order valence-corrected chi connectivity index (χ3v) is 3.53. The molecule has 2 heterocycles. The number of carbonyl (C=O) groups is 2. The van der Waals surface area contributed by atoms with Gasteiger partial charge in [0.05, 0.1) is 0 Å². The van der Waals surface area contributed by atoms with Crippen molar-refractivity contribution in [2.24, 2.45) is 0 Å². The van der Waals surface area contributed by atoms with Crippen LogP contribution < -0.4 is 5.32 Å². The second-order valence-electron chi connectivity index (χ2n) is 4.38. The van der Waals surface area contributed by atoms with Crippen LogP contribution in [0.3, 0.4) is 0 Å². The summed E-state index contributed by atoms with van der Waals surface area (Å²) in [5.41, 5.74) is 0.847. The summed E-state index contributed by atoms with van der Waals surface area (Å²) in [7, 11) is 0. The number of carbonyl (C=O) groups excluding carboxylic acids is 1. The van der Waals surface area contributed by atoms with Gasteiger partial charge in [-0.2, -0.15) is 11.3 Å². The number of aryl methyl sites for hydroxylation is 1. The van der Waals surface area contributed by atoms with Crippen LogP contribution in [-0.2, 0) is 16.0 Å². The molecule has 2 N–H and O–H groups in total. The van der Waals surface area contributed by atoms with Crippen LogP contribution in [0, 0.1) is 0 Å². The van der Waals surface area contributed by atoms with E-state index in [4.69, 9.17) is 9.52 Å². The van der Waals surface area contributed by atoms with Crippen molar-refractivity contribution >= 4 is 23.2 Å². The molecular weight excluding hydrogens is 294 g/mol. The number of thiophene rings is 1. The van der Waals surface area contributed by atoms with Crippen molar-refractivity contribution in [2.45, 2.75) is 32.2 Å². The van der Waals surface area contributed by atoms with Crippen molar-refractivity contribution in [3.05, 3.63) is 22.7 Å². The summed E-state index contributed by atoms with van der Waals surface area (Å²) in [4.78, 5) is 22.5. The van der Waals surface area contributed by atoms with Gasteiger partial charge in [-0.25, -0.2) is 4.79 Å². The van der Waals surface area contributed by atoms with E-state index in [9.17, 15) is 9.59 Å². The highest BCUT2D eigenvalue weighted by atomic mass is 32.1. The van der Waals surface area contributed by atoms with Crippen molar-refractivity contribution in [3.8, 4) is 11.5 Å². The van der Waals surface area contributed by atoms with Gasteiger partial charge < -0.3 is 14.8 Å². The molecular formula is C13H15N3O4S. The number of rotatable bonds is 7. The number of hydrogen-bond donors (Lipinski definition) is 2. The van der Waals surface area contributed by atoms with E-state index >= 15 is 0 Å². The van der Waals surface area contributed by atoms with Gasteiger partial charge in [-0.05, 0) is 17.9 Å². The first-order valence-corrected chi connectivity index (χ1v) is 7.41. The number of nitrogens with one attached hydrogen (secondary N) is 1. The Morgan fingerprint density at radius 1 is 1.48 bits per heavy atom. The molecule has 2 rings (SSSR count). The van der Waals surface area contributed by atoms with Gasteiger partial charge in [0.15, 0.2) is 0 Å². The van der Waals surface area contributed by atoms with Crippen LogP contribution >= 0.6 is 11.3 Å². The summed E-state index contributed by atoms with van der Waals surface area (Å²) in [5.74, 6) is -0.610. The standard InChI is InChI=1S/C13H15N3O4S/c1-2-9(13(18)19)14-10(17)3-4-11-15-16-12(20-11)8-5-6-21-7-8/h5-7,9H,2-4H2,1H3,(H,14,17)(H,18,19). The Morgan fingerprint density at radius 2 is 2.29 bits per heavy atom. The fourth-order valence-corrected chi connectivity index (χ4v) is 2.31. The van der Waals surface area contributed by atoms with Crippen LogP contribution in [0.25, 0.3) is 11.5 Å². The number of aliphatic carboxylic acids is 1. The lowest BCUT2D eigenvalue weighted by Crippen LogP contribution is -2.40. The van der Waals surface area contributed by atoms with Crippen LogP contribution in [0.4, 0.5) is 0 Å². The van der Waals surface area contributed by atoms with E-state index in [2.05, 4.69) is 15.5 Å². The molecule has 1 atom stereocenters.